The zero-order chi connectivity index (χ0) is 14.5. The van der Waals surface area contributed by atoms with Crippen molar-refractivity contribution >= 4 is 0 Å². The first-order valence-electron chi connectivity index (χ1n) is 7.04. The Kier molecular flexibility index (Phi) is 9.36. The Bertz CT molecular complexity index is 380. The maximum absolute atomic E-state index is 5.66. The third-order valence-corrected chi connectivity index (χ3v) is 2.70. The van der Waals surface area contributed by atoms with Gasteiger partial charge in [-0.2, -0.15) is 0 Å². The molecule has 0 amide bonds. The van der Waals surface area contributed by atoms with Crippen molar-refractivity contribution in [3.05, 3.63) is 36.4 Å². The zero-order valence-corrected chi connectivity index (χ0v) is 12.4. The van der Waals surface area contributed by atoms with E-state index in [9.17, 15) is 0 Å². The van der Waals surface area contributed by atoms with Crippen LogP contribution in [0.2, 0.25) is 0 Å². The Morgan fingerprint density at radius 3 is 2.65 bits per heavy atom. The summed E-state index contributed by atoms with van der Waals surface area (Å²) >= 11 is 0. The fraction of sp³-hybridized carbons (Fsp3) is 0.500. The molecule has 112 valence electrons. The number of methoxy groups -OCH3 is 1. The minimum atomic E-state index is 0.625. The van der Waals surface area contributed by atoms with Gasteiger partial charge >= 0.3 is 0 Å². The summed E-state index contributed by atoms with van der Waals surface area (Å²) in [4.78, 5) is 0. The van der Waals surface area contributed by atoms with E-state index in [-0.39, 0.29) is 0 Å². The molecule has 0 heterocycles. The van der Waals surface area contributed by atoms with Gasteiger partial charge in [-0.25, -0.2) is 0 Å². The maximum Gasteiger partial charge on any atom is 0.161 e. The second-order valence-corrected chi connectivity index (χ2v) is 4.25. The molecule has 0 aromatic heterocycles. The molecule has 1 rings (SSSR count). The van der Waals surface area contributed by atoms with Crippen LogP contribution in [-0.4, -0.2) is 40.0 Å². The van der Waals surface area contributed by atoms with Gasteiger partial charge in [0.25, 0.3) is 0 Å². The molecule has 0 atom stereocenters. The normalized spacial score (nSPS) is 10.9. The third kappa shape index (κ3) is 7.16. The summed E-state index contributed by atoms with van der Waals surface area (Å²) in [6.07, 6.45) is 5.01. The van der Waals surface area contributed by atoms with Crippen LogP contribution in [0.3, 0.4) is 0 Å². The smallest absolute Gasteiger partial charge is 0.161 e. The molecule has 0 aliphatic rings. The number of rotatable bonds is 11. The molecule has 20 heavy (non-hydrogen) atoms. The van der Waals surface area contributed by atoms with Crippen LogP contribution in [-0.2, 0) is 4.74 Å². The van der Waals surface area contributed by atoms with E-state index in [1.807, 2.05) is 43.3 Å². The summed E-state index contributed by atoms with van der Waals surface area (Å²) in [7, 11) is 1.65. The average molecular weight is 279 g/mol. The van der Waals surface area contributed by atoms with Crippen molar-refractivity contribution in [1.29, 1.82) is 0 Å². The first-order valence-corrected chi connectivity index (χ1v) is 7.04. The Morgan fingerprint density at radius 1 is 1.10 bits per heavy atom. The van der Waals surface area contributed by atoms with Crippen LogP contribution in [0.15, 0.2) is 36.4 Å². The van der Waals surface area contributed by atoms with Crippen molar-refractivity contribution < 1.29 is 14.2 Å². The average Bonchev–Trinajstić information content (AvgIpc) is 2.49. The molecule has 1 aromatic rings. The Labute approximate surface area is 121 Å². The quantitative estimate of drug-likeness (QED) is 0.499. The number of allylic oxidation sites excluding steroid dienone is 1. The summed E-state index contributed by atoms with van der Waals surface area (Å²) in [5.41, 5.74) is 0. The van der Waals surface area contributed by atoms with Crippen LogP contribution in [0.25, 0.3) is 0 Å². The summed E-state index contributed by atoms with van der Waals surface area (Å²) in [6, 6.07) is 7.67. The molecule has 1 N–H and O–H groups in total. The summed E-state index contributed by atoms with van der Waals surface area (Å²) in [6.45, 7) is 5.85. The number of hydrogen-bond donors (Lipinski definition) is 1. The van der Waals surface area contributed by atoms with E-state index in [2.05, 4.69) is 5.32 Å². The largest absolute Gasteiger partial charge is 0.493 e. The van der Waals surface area contributed by atoms with Crippen molar-refractivity contribution in [2.24, 2.45) is 0 Å². The molecule has 0 aliphatic carbocycles. The van der Waals surface area contributed by atoms with Crippen molar-refractivity contribution in [2.45, 2.75) is 13.3 Å². The lowest BCUT2D eigenvalue weighted by Gasteiger charge is -2.10. The minimum absolute atomic E-state index is 0.625. The zero-order valence-electron chi connectivity index (χ0n) is 12.4. The standard InChI is InChI=1S/C16H25NO3/c1-3-4-12-19-13-7-10-17-11-14-20-16-9-6-5-8-15(16)18-2/h3-6,8-9,17H,7,10-14H2,1-2H3/b4-3+. The van der Waals surface area contributed by atoms with Gasteiger partial charge in [0, 0.05) is 13.2 Å². The van der Waals surface area contributed by atoms with E-state index in [1.54, 1.807) is 7.11 Å². The predicted molar refractivity (Wildman–Crippen MR) is 81.6 cm³/mol. The fourth-order valence-electron chi connectivity index (χ4n) is 1.64. The molecule has 0 spiro atoms. The van der Waals surface area contributed by atoms with Crippen LogP contribution in [0.4, 0.5) is 0 Å². The lowest BCUT2D eigenvalue weighted by molar-refractivity contribution is 0.158. The molecule has 4 heteroatoms. The van der Waals surface area contributed by atoms with Gasteiger partial charge in [0.05, 0.1) is 13.7 Å². The van der Waals surface area contributed by atoms with Gasteiger partial charge in [-0.15, -0.1) is 0 Å². The number of benzene rings is 1. The van der Waals surface area contributed by atoms with Gasteiger partial charge in [-0.1, -0.05) is 24.3 Å². The Balaban J connectivity index is 1.99. The fourth-order valence-corrected chi connectivity index (χ4v) is 1.64. The molecular formula is C16H25NO3. The van der Waals surface area contributed by atoms with Crippen LogP contribution >= 0.6 is 0 Å². The number of ether oxygens (including phenoxy) is 3. The molecule has 0 unspecified atom stereocenters. The number of hydrogen-bond acceptors (Lipinski definition) is 4. The van der Waals surface area contributed by atoms with Crippen molar-refractivity contribution in [3.8, 4) is 11.5 Å². The minimum Gasteiger partial charge on any atom is -0.493 e. The molecule has 0 saturated carbocycles. The highest BCUT2D eigenvalue weighted by molar-refractivity contribution is 5.39. The third-order valence-electron chi connectivity index (χ3n) is 2.70. The van der Waals surface area contributed by atoms with Crippen LogP contribution in [0.5, 0.6) is 11.5 Å². The molecule has 0 bridgehead atoms. The Hall–Kier alpha value is -1.52. The van der Waals surface area contributed by atoms with Gasteiger partial charge in [0.15, 0.2) is 11.5 Å². The summed E-state index contributed by atoms with van der Waals surface area (Å²) in [5.74, 6) is 1.55. The van der Waals surface area contributed by atoms with Gasteiger partial charge in [-0.3, -0.25) is 0 Å². The highest BCUT2D eigenvalue weighted by Crippen LogP contribution is 2.25. The summed E-state index contributed by atoms with van der Waals surface area (Å²) < 4.78 is 16.3. The summed E-state index contributed by atoms with van der Waals surface area (Å²) in [5, 5.41) is 3.32. The monoisotopic (exact) mass is 279 g/mol. The highest BCUT2D eigenvalue weighted by atomic mass is 16.5. The lowest BCUT2D eigenvalue weighted by Crippen LogP contribution is -2.23. The van der Waals surface area contributed by atoms with Gasteiger partial charge < -0.3 is 19.5 Å². The first kappa shape index (κ1) is 16.5. The predicted octanol–water partition coefficient (Wildman–Crippen LogP) is 2.65. The molecule has 1 aromatic carbocycles. The van der Waals surface area contributed by atoms with Crippen LogP contribution < -0.4 is 14.8 Å². The second kappa shape index (κ2) is 11.3. The van der Waals surface area contributed by atoms with E-state index >= 15 is 0 Å². The Morgan fingerprint density at radius 2 is 1.90 bits per heavy atom. The van der Waals surface area contributed by atoms with E-state index in [4.69, 9.17) is 14.2 Å². The van der Waals surface area contributed by atoms with Crippen molar-refractivity contribution in [3.63, 3.8) is 0 Å². The SMILES string of the molecule is C/C=C/COCCCNCCOc1ccccc1OC. The van der Waals surface area contributed by atoms with Gasteiger partial charge in [-0.05, 0) is 32.0 Å². The topological polar surface area (TPSA) is 39.7 Å². The lowest BCUT2D eigenvalue weighted by atomic mass is 10.3. The second-order valence-electron chi connectivity index (χ2n) is 4.25. The van der Waals surface area contributed by atoms with E-state index in [0.717, 1.165) is 37.6 Å². The molecule has 0 radical (unpaired) electrons. The first-order chi connectivity index (χ1) is 9.88. The highest BCUT2D eigenvalue weighted by Gasteiger charge is 2.01. The number of nitrogens with one attached hydrogen (secondary N) is 1. The van der Waals surface area contributed by atoms with Crippen LogP contribution in [0.1, 0.15) is 13.3 Å². The van der Waals surface area contributed by atoms with E-state index < -0.39 is 0 Å². The van der Waals surface area contributed by atoms with Crippen LogP contribution in [0, 0.1) is 0 Å². The van der Waals surface area contributed by atoms with Gasteiger partial charge in [0.1, 0.15) is 6.61 Å². The van der Waals surface area contributed by atoms with E-state index in [0.29, 0.717) is 13.2 Å². The van der Waals surface area contributed by atoms with Crippen molar-refractivity contribution in [1.82, 2.24) is 5.32 Å². The maximum atomic E-state index is 5.66. The molecule has 4 nitrogen and oxygen atoms in total. The molecular weight excluding hydrogens is 254 g/mol. The molecule has 0 aliphatic heterocycles. The molecule has 0 saturated heterocycles. The molecule has 0 fully saturated rings. The number of para-hydroxylation sites is 2. The van der Waals surface area contributed by atoms with Gasteiger partial charge in [0.2, 0.25) is 0 Å². The van der Waals surface area contributed by atoms with E-state index in [1.165, 1.54) is 0 Å². The van der Waals surface area contributed by atoms with Crippen molar-refractivity contribution in [2.75, 3.05) is 40.0 Å².